The summed E-state index contributed by atoms with van der Waals surface area (Å²) in [6, 6.07) is 6.35. The lowest BCUT2D eigenvalue weighted by molar-refractivity contribution is 0.109. The number of hydrogen-bond acceptors (Lipinski definition) is 8. The van der Waals surface area contributed by atoms with Crippen LogP contribution in [0.15, 0.2) is 22.8 Å². The quantitative estimate of drug-likeness (QED) is 0.605. The average Bonchev–Trinajstić information content (AvgIpc) is 3.06. The van der Waals surface area contributed by atoms with Crippen molar-refractivity contribution in [3.63, 3.8) is 0 Å². The van der Waals surface area contributed by atoms with Crippen LogP contribution < -0.4 is 4.65 Å². The molecule has 9 heteroatoms. The molecule has 23 heavy (non-hydrogen) atoms. The van der Waals surface area contributed by atoms with Crippen molar-refractivity contribution >= 4 is 19.9 Å². The fraction of sp³-hybridized carbons (Fsp3) is 0. The molecule has 0 aliphatic heterocycles. The molecule has 112 valence electrons. The second-order valence-electron chi connectivity index (χ2n) is 4.16. The molecule has 0 aliphatic rings. The van der Waals surface area contributed by atoms with Gasteiger partial charge in [0.15, 0.2) is 12.6 Å². The van der Waals surface area contributed by atoms with Gasteiger partial charge < -0.3 is 19.1 Å². The summed E-state index contributed by atoms with van der Waals surface area (Å²) in [4.78, 5) is 22.8. The van der Waals surface area contributed by atoms with E-state index in [1.807, 2.05) is 0 Å². The molecule has 8 nitrogen and oxygen atoms in total. The molecule has 0 atom stereocenters. The minimum Gasteiger partial charge on any atom is -0.510 e. The molecule has 0 saturated heterocycles. The third-order valence-corrected chi connectivity index (χ3v) is 2.98. The number of hydrogen-bond donors (Lipinski definition) is 2. The summed E-state index contributed by atoms with van der Waals surface area (Å²) in [5.74, 6) is -0.467. The van der Waals surface area contributed by atoms with E-state index in [0.29, 0.717) is 6.29 Å². The molecule has 1 aromatic carbocycles. The minimum atomic E-state index is -2.35. The first kappa shape index (κ1) is 16.0. The van der Waals surface area contributed by atoms with E-state index in [9.17, 15) is 20.1 Å². The normalized spacial score (nSPS) is 9.57. The highest BCUT2D eigenvalue weighted by Crippen LogP contribution is 2.38. The first-order chi connectivity index (χ1) is 11.1. The minimum absolute atomic E-state index is 0.0501. The van der Waals surface area contributed by atoms with E-state index >= 15 is 0 Å². The van der Waals surface area contributed by atoms with Crippen LogP contribution in [0.25, 0.3) is 11.3 Å². The van der Waals surface area contributed by atoms with Crippen LogP contribution in [0.2, 0.25) is 0 Å². The van der Waals surface area contributed by atoms with Gasteiger partial charge in [-0.1, -0.05) is 0 Å². The van der Waals surface area contributed by atoms with Crippen LogP contribution in [0.4, 0.5) is 0 Å². The lowest BCUT2D eigenvalue weighted by Gasteiger charge is -2.15. The van der Waals surface area contributed by atoms with Gasteiger partial charge >= 0.3 is 7.32 Å². The fourth-order valence-corrected chi connectivity index (χ4v) is 2.13. The Morgan fingerprint density at radius 3 is 2.22 bits per heavy atom. The first-order valence-electron chi connectivity index (χ1n) is 6.10. The van der Waals surface area contributed by atoms with Gasteiger partial charge in [-0.25, -0.2) is 0 Å². The largest absolute Gasteiger partial charge is 0.707 e. The van der Waals surface area contributed by atoms with Gasteiger partial charge in [0, 0.05) is 11.1 Å². The Bertz CT molecular complexity index is 846. The summed E-state index contributed by atoms with van der Waals surface area (Å²) in [6.07, 6.45) is 1.80. The van der Waals surface area contributed by atoms with Crippen LogP contribution >= 0.6 is 0 Å². The van der Waals surface area contributed by atoms with Crippen molar-refractivity contribution in [1.82, 2.24) is 0 Å². The third-order valence-electron chi connectivity index (χ3n) is 2.98. The van der Waals surface area contributed by atoms with Crippen molar-refractivity contribution in [2.45, 2.75) is 0 Å². The van der Waals surface area contributed by atoms with Gasteiger partial charge in [0.05, 0.1) is 17.4 Å². The smallest absolute Gasteiger partial charge is 0.510 e. The Hall–Kier alpha value is -3.40. The molecular formula is C14H7BN2O6. The Morgan fingerprint density at radius 2 is 1.78 bits per heavy atom. The zero-order chi connectivity index (χ0) is 17.0. The summed E-state index contributed by atoms with van der Waals surface area (Å²) in [5.41, 5.74) is -1.41. The van der Waals surface area contributed by atoms with Crippen molar-refractivity contribution in [2.24, 2.45) is 0 Å². The molecule has 0 radical (unpaired) electrons. The Morgan fingerprint density at radius 1 is 1.13 bits per heavy atom. The van der Waals surface area contributed by atoms with Gasteiger partial charge in [0.25, 0.3) is 0 Å². The average molecular weight is 310 g/mol. The molecule has 1 aromatic heterocycles. The topological polar surface area (TPSA) is 145 Å². The maximum atomic E-state index is 11.4. The van der Waals surface area contributed by atoms with E-state index in [0.717, 1.165) is 0 Å². The first-order valence-corrected chi connectivity index (χ1v) is 6.10. The maximum Gasteiger partial charge on any atom is 0.707 e. The highest BCUT2D eigenvalue weighted by atomic mass is 16.6. The van der Waals surface area contributed by atoms with Crippen molar-refractivity contribution in [3.8, 4) is 29.2 Å². The van der Waals surface area contributed by atoms with E-state index in [-0.39, 0.29) is 28.7 Å². The van der Waals surface area contributed by atoms with Gasteiger partial charge in [-0.3, -0.25) is 9.59 Å². The molecule has 0 saturated carbocycles. The summed E-state index contributed by atoms with van der Waals surface area (Å²) < 4.78 is 9.78. The molecule has 2 aromatic rings. The standard InChI is InChI=1S/C14H7BN2O6/c16-4-8-9(5-17)14(23-15(20)21)11(7-19)10(6-18)13(8)12-2-1-3-22-12/h1-3,6-7,20-21H. The summed E-state index contributed by atoms with van der Waals surface area (Å²) in [7, 11) is -2.35. The van der Waals surface area contributed by atoms with E-state index in [1.54, 1.807) is 12.1 Å². The van der Waals surface area contributed by atoms with E-state index in [2.05, 4.69) is 4.65 Å². The number of carbonyl (C=O) groups is 2. The summed E-state index contributed by atoms with van der Waals surface area (Å²) in [6.45, 7) is 0. The van der Waals surface area contributed by atoms with Crippen LogP contribution in [-0.2, 0) is 0 Å². The monoisotopic (exact) mass is 310 g/mol. The van der Waals surface area contributed by atoms with Crippen molar-refractivity contribution in [1.29, 1.82) is 10.5 Å². The lowest BCUT2D eigenvalue weighted by Crippen LogP contribution is -2.23. The van der Waals surface area contributed by atoms with Gasteiger partial charge in [0.1, 0.15) is 29.2 Å². The van der Waals surface area contributed by atoms with Crippen LogP contribution in [0.3, 0.4) is 0 Å². The zero-order valence-electron chi connectivity index (χ0n) is 11.4. The Balaban J connectivity index is 3.00. The second-order valence-corrected chi connectivity index (χ2v) is 4.16. The van der Waals surface area contributed by atoms with E-state index < -0.39 is 24.2 Å². The number of nitrogens with zero attached hydrogens (tertiary/aromatic N) is 2. The Labute approximate surface area is 129 Å². The molecule has 0 bridgehead atoms. The summed E-state index contributed by atoms with van der Waals surface area (Å²) in [5, 5.41) is 36.5. The van der Waals surface area contributed by atoms with Crippen molar-refractivity contribution < 1.29 is 28.7 Å². The predicted octanol–water partition coefficient (Wildman–Crippen LogP) is 0.663. The Kier molecular flexibility index (Phi) is 4.57. The van der Waals surface area contributed by atoms with Crippen molar-refractivity contribution in [3.05, 3.63) is 40.6 Å². The zero-order valence-corrected chi connectivity index (χ0v) is 11.4. The third kappa shape index (κ3) is 2.70. The van der Waals surface area contributed by atoms with Crippen LogP contribution in [0, 0.1) is 22.7 Å². The lowest BCUT2D eigenvalue weighted by atomic mass is 9.90. The number of aldehydes is 2. The number of furan rings is 1. The molecular weight excluding hydrogens is 303 g/mol. The number of nitriles is 2. The number of benzene rings is 1. The highest BCUT2D eigenvalue weighted by molar-refractivity contribution is 6.34. The van der Waals surface area contributed by atoms with Gasteiger partial charge in [-0.15, -0.1) is 0 Å². The second kappa shape index (κ2) is 6.58. The molecule has 0 aliphatic carbocycles. The van der Waals surface area contributed by atoms with Crippen LogP contribution in [-0.4, -0.2) is 29.9 Å². The van der Waals surface area contributed by atoms with Gasteiger partial charge in [-0.05, 0) is 12.1 Å². The highest BCUT2D eigenvalue weighted by Gasteiger charge is 2.29. The number of carbonyl (C=O) groups excluding carboxylic acids is 2. The molecule has 0 amide bonds. The molecule has 0 spiro atoms. The van der Waals surface area contributed by atoms with Crippen molar-refractivity contribution in [2.75, 3.05) is 0 Å². The molecule has 2 rings (SSSR count). The van der Waals surface area contributed by atoms with Crippen LogP contribution in [0.5, 0.6) is 5.75 Å². The fourth-order valence-electron chi connectivity index (χ4n) is 2.13. The molecule has 0 unspecified atom stereocenters. The maximum absolute atomic E-state index is 11.4. The van der Waals surface area contributed by atoms with E-state index in [1.165, 1.54) is 18.4 Å². The van der Waals surface area contributed by atoms with E-state index in [4.69, 9.17) is 14.5 Å². The predicted molar refractivity (Wildman–Crippen MR) is 75.2 cm³/mol. The van der Waals surface area contributed by atoms with Gasteiger partial charge in [0.2, 0.25) is 0 Å². The van der Waals surface area contributed by atoms with Crippen LogP contribution in [0.1, 0.15) is 31.8 Å². The molecule has 2 N–H and O–H groups in total. The van der Waals surface area contributed by atoms with Gasteiger partial charge in [-0.2, -0.15) is 10.5 Å². The molecule has 0 fully saturated rings. The molecule has 1 heterocycles. The summed E-state index contributed by atoms with van der Waals surface area (Å²) >= 11 is 0. The SMILES string of the molecule is N#Cc1c(C#N)c(-c2ccco2)c(C=O)c(C=O)c1OB(O)O. The number of rotatable bonds is 5.